The van der Waals surface area contributed by atoms with Crippen LogP contribution in [0.25, 0.3) is 0 Å². The minimum absolute atomic E-state index is 0.187. The van der Waals surface area contributed by atoms with Gasteiger partial charge in [-0.1, -0.05) is 65.2 Å². The van der Waals surface area contributed by atoms with Gasteiger partial charge in [0, 0.05) is 0 Å². The summed E-state index contributed by atoms with van der Waals surface area (Å²) in [7, 11) is 0. The number of hydrogen-bond acceptors (Lipinski definition) is 9. The molecule has 0 amide bonds. The number of unbranched alkanes of at least 4 members (excludes halogenated alkanes) is 8. The third-order valence-corrected chi connectivity index (χ3v) is 7.32. The fraction of sp³-hybridized carbons (Fsp3) is 0.421. The van der Waals surface area contributed by atoms with Gasteiger partial charge in [0.1, 0.15) is 17.2 Å². The predicted molar refractivity (Wildman–Crippen MR) is 178 cm³/mol. The molecule has 9 nitrogen and oxygen atoms in total. The third kappa shape index (κ3) is 13.3. The average Bonchev–Trinajstić information content (AvgIpc) is 3.08. The van der Waals surface area contributed by atoms with Crippen LogP contribution in [0.5, 0.6) is 17.2 Å². The van der Waals surface area contributed by atoms with Gasteiger partial charge in [0.2, 0.25) is 0 Å². The van der Waals surface area contributed by atoms with Crippen LogP contribution in [0.15, 0.2) is 72.8 Å². The molecule has 3 aromatic carbocycles. The molecule has 47 heavy (non-hydrogen) atoms. The first-order chi connectivity index (χ1) is 22.8. The van der Waals surface area contributed by atoms with Crippen molar-refractivity contribution in [3.63, 3.8) is 0 Å². The van der Waals surface area contributed by atoms with Gasteiger partial charge in [0.25, 0.3) is 0 Å². The SMILES string of the molecule is CCCCCCCCCOc1ccc(C(=O)Oc2ccc(C(=O)Oc3ccc(C(=O)O[C@H](C)C(=O)OCCCCC)cc3)cc2)cc1. The van der Waals surface area contributed by atoms with Crippen molar-refractivity contribution in [1.82, 2.24) is 0 Å². The lowest BCUT2D eigenvalue weighted by Gasteiger charge is -2.13. The molecule has 0 aromatic heterocycles. The summed E-state index contributed by atoms with van der Waals surface area (Å²) < 4.78 is 26.9. The molecule has 0 N–H and O–H groups in total. The Bertz CT molecular complexity index is 1400. The first kappa shape index (κ1) is 36.8. The third-order valence-electron chi connectivity index (χ3n) is 7.32. The summed E-state index contributed by atoms with van der Waals surface area (Å²) in [6.07, 6.45) is 10.2. The zero-order valence-corrected chi connectivity index (χ0v) is 27.7. The second kappa shape index (κ2) is 20.5. The number of carbonyl (C=O) groups is 4. The molecule has 3 rings (SSSR count). The van der Waals surface area contributed by atoms with Gasteiger partial charge in [0.15, 0.2) is 6.10 Å². The van der Waals surface area contributed by atoms with Gasteiger partial charge < -0.3 is 23.7 Å². The van der Waals surface area contributed by atoms with E-state index in [4.69, 9.17) is 23.7 Å². The Labute approximate surface area is 277 Å². The average molecular weight is 647 g/mol. The molecular weight excluding hydrogens is 600 g/mol. The van der Waals surface area contributed by atoms with Gasteiger partial charge in [-0.2, -0.15) is 0 Å². The number of rotatable bonds is 20. The van der Waals surface area contributed by atoms with E-state index in [1.807, 2.05) is 6.92 Å². The standard InChI is InChI=1S/C38H46O9/c1-4-6-8-9-10-11-13-26-43-32-20-14-30(15-21-32)37(41)46-34-24-18-31(19-25-34)38(42)47-33-22-16-29(17-23-33)36(40)45-28(3)35(39)44-27-12-7-5-2/h14-25,28H,4-13,26-27H2,1-3H3/t28-/m1/s1. The van der Waals surface area contributed by atoms with E-state index >= 15 is 0 Å². The second-order valence-electron chi connectivity index (χ2n) is 11.2. The van der Waals surface area contributed by atoms with E-state index in [0.29, 0.717) is 17.9 Å². The molecule has 0 unspecified atom stereocenters. The van der Waals surface area contributed by atoms with E-state index in [2.05, 4.69) is 6.92 Å². The van der Waals surface area contributed by atoms with Crippen molar-refractivity contribution in [3.05, 3.63) is 89.5 Å². The monoisotopic (exact) mass is 646 g/mol. The molecule has 0 fully saturated rings. The number of hydrogen-bond donors (Lipinski definition) is 0. The van der Waals surface area contributed by atoms with E-state index in [1.165, 1.54) is 87.6 Å². The first-order valence-corrected chi connectivity index (χ1v) is 16.6. The van der Waals surface area contributed by atoms with E-state index < -0.39 is 30.0 Å². The summed E-state index contributed by atoms with van der Waals surface area (Å²) in [6.45, 7) is 6.64. The summed E-state index contributed by atoms with van der Waals surface area (Å²) in [6, 6.07) is 18.6. The molecule has 0 aliphatic carbocycles. The summed E-state index contributed by atoms with van der Waals surface area (Å²) >= 11 is 0. The Morgan fingerprint density at radius 1 is 0.511 bits per heavy atom. The van der Waals surface area contributed by atoms with Gasteiger partial charge in [-0.05, 0) is 92.6 Å². The van der Waals surface area contributed by atoms with Crippen LogP contribution in [0.3, 0.4) is 0 Å². The van der Waals surface area contributed by atoms with Crippen LogP contribution >= 0.6 is 0 Å². The van der Waals surface area contributed by atoms with Crippen LogP contribution in [-0.2, 0) is 14.3 Å². The smallest absolute Gasteiger partial charge is 0.347 e. The quantitative estimate of drug-likeness (QED) is 0.0677. The Balaban J connectivity index is 1.41. The van der Waals surface area contributed by atoms with Gasteiger partial charge in [-0.3, -0.25) is 0 Å². The molecule has 0 spiro atoms. The molecular formula is C38H46O9. The van der Waals surface area contributed by atoms with Crippen molar-refractivity contribution in [2.24, 2.45) is 0 Å². The minimum atomic E-state index is -1.05. The van der Waals surface area contributed by atoms with Crippen LogP contribution in [0.2, 0.25) is 0 Å². The van der Waals surface area contributed by atoms with E-state index in [1.54, 1.807) is 24.3 Å². The van der Waals surface area contributed by atoms with Crippen LogP contribution in [-0.4, -0.2) is 43.2 Å². The maximum absolute atomic E-state index is 12.6. The predicted octanol–water partition coefficient (Wildman–Crippen LogP) is 8.53. The Morgan fingerprint density at radius 3 is 1.43 bits per heavy atom. The van der Waals surface area contributed by atoms with Crippen molar-refractivity contribution in [3.8, 4) is 17.2 Å². The molecule has 0 radical (unpaired) electrons. The lowest BCUT2D eigenvalue weighted by atomic mass is 10.1. The van der Waals surface area contributed by atoms with E-state index in [-0.39, 0.29) is 29.2 Å². The topological polar surface area (TPSA) is 114 Å². The highest BCUT2D eigenvalue weighted by molar-refractivity contribution is 5.93. The van der Waals surface area contributed by atoms with Crippen LogP contribution < -0.4 is 14.2 Å². The zero-order chi connectivity index (χ0) is 33.9. The van der Waals surface area contributed by atoms with Gasteiger partial charge in [-0.15, -0.1) is 0 Å². The van der Waals surface area contributed by atoms with Crippen LogP contribution in [0.4, 0.5) is 0 Å². The van der Waals surface area contributed by atoms with Crippen LogP contribution in [0, 0.1) is 0 Å². The second-order valence-corrected chi connectivity index (χ2v) is 11.2. The molecule has 0 aliphatic rings. The van der Waals surface area contributed by atoms with Crippen molar-refractivity contribution < 1.29 is 42.9 Å². The van der Waals surface area contributed by atoms with Crippen molar-refractivity contribution in [1.29, 1.82) is 0 Å². The summed E-state index contributed by atoms with van der Waals surface area (Å²) in [5, 5.41) is 0. The zero-order valence-electron chi connectivity index (χ0n) is 27.7. The van der Waals surface area contributed by atoms with Crippen molar-refractivity contribution >= 4 is 23.9 Å². The normalized spacial score (nSPS) is 11.3. The summed E-state index contributed by atoms with van der Waals surface area (Å²) in [4.78, 5) is 49.7. The largest absolute Gasteiger partial charge is 0.494 e. The molecule has 0 saturated carbocycles. The highest BCUT2D eigenvalue weighted by atomic mass is 16.6. The Hall–Kier alpha value is -4.66. The lowest BCUT2D eigenvalue weighted by molar-refractivity contribution is -0.153. The van der Waals surface area contributed by atoms with Gasteiger partial charge >= 0.3 is 23.9 Å². The van der Waals surface area contributed by atoms with E-state index in [0.717, 1.165) is 32.1 Å². The fourth-order valence-corrected chi connectivity index (χ4v) is 4.51. The van der Waals surface area contributed by atoms with Gasteiger partial charge in [0.05, 0.1) is 29.9 Å². The lowest BCUT2D eigenvalue weighted by Crippen LogP contribution is -2.26. The van der Waals surface area contributed by atoms with Crippen molar-refractivity contribution in [2.45, 2.75) is 91.1 Å². The molecule has 0 heterocycles. The number of benzene rings is 3. The molecule has 1 atom stereocenters. The molecule has 9 heteroatoms. The maximum Gasteiger partial charge on any atom is 0.347 e. The highest BCUT2D eigenvalue weighted by Crippen LogP contribution is 2.20. The minimum Gasteiger partial charge on any atom is -0.494 e. The number of ether oxygens (including phenoxy) is 5. The van der Waals surface area contributed by atoms with E-state index in [9.17, 15) is 19.2 Å². The first-order valence-electron chi connectivity index (χ1n) is 16.6. The molecule has 3 aromatic rings. The highest BCUT2D eigenvalue weighted by Gasteiger charge is 2.20. The summed E-state index contributed by atoms with van der Waals surface area (Å²) in [5.74, 6) is -1.29. The molecule has 0 aliphatic heterocycles. The molecule has 252 valence electrons. The molecule has 0 bridgehead atoms. The van der Waals surface area contributed by atoms with Crippen molar-refractivity contribution in [2.75, 3.05) is 13.2 Å². The summed E-state index contributed by atoms with van der Waals surface area (Å²) in [5.41, 5.74) is 0.801. The van der Waals surface area contributed by atoms with Gasteiger partial charge in [-0.25, -0.2) is 19.2 Å². The Kier molecular flexibility index (Phi) is 16.0. The maximum atomic E-state index is 12.6. The number of carbonyl (C=O) groups excluding carboxylic acids is 4. The number of esters is 4. The van der Waals surface area contributed by atoms with Crippen LogP contribution in [0.1, 0.15) is 116 Å². The fourth-order valence-electron chi connectivity index (χ4n) is 4.51. The Morgan fingerprint density at radius 2 is 0.915 bits per heavy atom. The molecule has 0 saturated heterocycles.